The predicted molar refractivity (Wildman–Crippen MR) is 123 cm³/mol. The molecule has 5 rings (SSSR count). The van der Waals surface area contributed by atoms with Gasteiger partial charge in [-0.25, -0.2) is 15.0 Å². The van der Waals surface area contributed by atoms with Crippen molar-refractivity contribution in [2.75, 3.05) is 18.0 Å². The van der Waals surface area contributed by atoms with Gasteiger partial charge in [0, 0.05) is 48.7 Å². The number of hydrogen-bond acceptors (Lipinski definition) is 7. The average molecular weight is 441 g/mol. The molecule has 5 heterocycles. The average Bonchev–Trinajstić information content (AvgIpc) is 3.42. The fourth-order valence-corrected chi connectivity index (χ4v) is 3.99. The number of nitrogens with one attached hydrogen (secondary N) is 2. The monoisotopic (exact) mass is 441 g/mol. The lowest BCUT2D eigenvalue weighted by atomic mass is 10.1. The highest BCUT2D eigenvalue weighted by molar-refractivity contribution is 5.94. The molecule has 4 aromatic heterocycles. The molecule has 0 bridgehead atoms. The Kier molecular flexibility index (Phi) is 5.22. The first-order valence-electron chi connectivity index (χ1n) is 10.8. The fourth-order valence-electron chi connectivity index (χ4n) is 3.99. The van der Waals surface area contributed by atoms with Crippen LogP contribution in [0.1, 0.15) is 36.1 Å². The number of carbonyl (C=O) groups excluding carboxylic acids is 1. The van der Waals surface area contributed by atoms with Gasteiger partial charge in [0.25, 0.3) is 5.91 Å². The van der Waals surface area contributed by atoms with Crippen molar-refractivity contribution in [3.8, 4) is 17.2 Å². The van der Waals surface area contributed by atoms with E-state index in [9.17, 15) is 4.79 Å². The van der Waals surface area contributed by atoms with Crippen LogP contribution >= 0.6 is 0 Å². The molecule has 0 radical (unpaired) electrons. The maximum atomic E-state index is 12.4. The second kappa shape index (κ2) is 8.35. The molecule has 1 amide bonds. The first-order valence-corrected chi connectivity index (χ1v) is 10.8. The molecule has 0 aliphatic carbocycles. The zero-order valence-electron chi connectivity index (χ0n) is 18.4. The van der Waals surface area contributed by atoms with Crippen molar-refractivity contribution in [3.63, 3.8) is 0 Å². The van der Waals surface area contributed by atoms with Gasteiger partial charge in [0.15, 0.2) is 5.69 Å². The summed E-state index contributed by atoms with van der Waals surface area (Å²) in [6.45, 7) is 5.19. The topological polar surface area (TPSA) is 128 Å². The molecule has 166 valence electrons. The molecule has 1 fully saturated rings. The van der Waals surface area contributed by atoms with Crippen LogP contribution in [0.5, 0.6) is 0 Å². The van der Waals surface area contributed by atoms with Gasteiger partial charge in [0.2, 0.25) is 0 Å². The minimum absolute atomic E-state index is 0.0236. The molecule has 33 heavy (non-hydrogen) atoms. The van der Waals surface area contributed by atoms with E-state index in [0.29, 0.717) is 11.5 Å². The third kappa shape index (κ3) is 3.89. The first-order chi connectivity index (χ1) is 16.0. The third-order valence-corrected chi connectivity index (χ3v) is 5.65. The van der Waals surface area contributed by atoms with Gasteiger partial charge in [-0.1, -0.05) is 0 Å². The maximum Gasteiger partial charge on any atom is 0.272 e. The summed E-state index contributed by atoms with van der Waals surface area (Å²) in [5.41, 5.74) is 3.58. The van der Waals surface area contributed by atoms with Gasteiger partial charge < -0.3 is 15.2 Å². The van der Waals surface area contributed by atoms with Crippen LogP contribution in [0, 0.1) is 11.3 Å². The molecule has 1 aliphatic rings. The van der Waals surface area contributed by atoms with Gasteiger partial charge in [-0.3, -0.25) is 9.48 Å². The fraction of sp³-hybridized carbons (Fsp3) is 0.304. The molecule has 2 N–H and O–H groups in total. The van der Waals surface area contributed by atoms with E-state index in [4.69, 9.17) is 5.26 Å². The Morgan fingerprint density at radius 3 is 2.94 bits per heavy atom. The van der Waals surface area contributed by atoms with Crippen molar-refractivity contribution in [2.24, 2.45) is 0 Å². The largest absolute Gasteiger partial charge is 0.351 e. The molecule has 1 saturated heterocycles. The minimum Gasteiger partial charge on any atom is -0.351 e. The smallest absolute Gasteiger partial charge is 0.272 e. The van der Waals surface area contributed by atoms with Crippen molar-refractivity contribution in [2.45, 2.75) is 32.4 Å². The first kappa shape index (κ1) is 20.6. The van der Waals surface area contributed by atoms with Crippen LogP contribution in [0.25, 0.3) is 22.2 Å². The van der Waals surface area contributed by atoms with Crippen LogP contribution in [0.3, 0.4) is 0 Å². The molecular formula is C23H23N9O. The van der Waals surface area contributed by atoms with Crippen LogP contribution in [-0.2, 0) is 6.42 Å². The summed E-state index contributed by atoms with van der Waals surface area (Å²) in [5, 5.41) is 17.6. The van der Waals surface area contributed by atoms with Crippen LogP contribution in [0.2, 0.25) is 0 Å². The zero-order valence-corrected chi connectivity index (χ0v) is 18.4. The molecule has 0 saturated carbocycles. The number of carbonyl (C=O) groups is 1. The van der Waals surface area contributed by atoms with Crippen molar-refractivity contribution >= 4 is 22.8 Å². The van der Waals surface area contributed by atoms with Gasteiger partial charge in [0.05, 0.1) is 36.6 Å². The molecule has 0 unspecified atom stereocenters. The highest BCUT2D eigenvalue weighted by atomic mass is 16.1. The van der Waals surface area contributed by atoms with Crippen LogP contribution < -0.4 is 10.2 Å². The number of rotatable bonds is 6. The number of H-pyrrole nitrogens is 1. The molecular weight excluding hydrogens is 418 g/mol. The van der Waals surface area contributed by atoms with Crippen LogP contribution in [0.15, 0.2) is 43.1 Å². The SMILES string of the molecule is CC(C)NC(=O)c1ncc(N2CC(n3cc(-c4ccnc5[nH]ccc45)cn3)C2)nc1CC#N. The number of aromatic amines is 1. The summed E-state index contributed by atoms with van der Waals surface area (Å²) in [4.78, 5) is 30.8. The van der Waals surface area contributed by atoms with E-state index >= 15 is 0 Å². The van der Waals surface area contributed by atoms with Gasteiger partial charge in [-0.15, -0.1) is 0 Å². The van der Waals surface area contributed by atoms with E-state index in [0.717, 1.165) is 35.2 Å². The Balaban J connectivity index is 1.31. The van der Waals surface area contributed by atoms with E-state index in [-0.39, 0.29) is 30.1 Å². The number of hydrogen-bond donors (Lipinski definition) is 2. The lowest BCUT2D eigenvalue weighted by molar-refractivity contribution is 0.0936. The van der Waals surface area contributed by atoms with Crippen molar-refractivity contribution < 1.29 is 4.79 Å². The maximum absolute atomic E-state index is 12.4. The summed E-state index contributed by atoms with van der Waals surface area (Å²) in [6.07, 6.45) is 9.22. The van der Waals surface area contributed by atoms with Gasteiger partial charge >= 0.3 is 0 Å². The lowest BCUT2D eigenvalue weighted by Crippen LogP contribution is -2.48. The Bertz CT molecular complexity index is 1360. The van der Waals surface area contributed by atoms with E-state index in [2.05, 4.69) is 47.5 Å². The van der Waals surface area contributed by atoms with Gasteiger partial charge in [-0.2, -0.15) is 10.4 Å². The second-order valence-corrected chi connectivity index (χ2v) is 8.35. The van der Waals surface area contributed by atoms with Crippen molar-refractivity contribution in [3.05, 3.63) is 54.5 Å². The van der Waals surface area contributed by atoms with E-state index in [1.54, 1.807) is 12.4 Å². The summed E-state index contributed by atoms with van der Waals surface area (Å²) in [6, 6.07) is 6.26. The highest BCUT2D eigenvalue weighted by Crippen LogP contribution is 2.30. The zero-order chi connectivity index (χ0) is 22.9. The Morgan fingerprint density at radius 1 is 1.30 bits per heavy atom. The quantitative estimate of drug-likeness (QED) is 0.470. The number of fused-ring (bicyclic) bond motifs is 1. The Labute approximate surface area is 190 Å². The summed E-state index contributed by atoms with van der Waals surface area (Å²) in [7, 11) is 0. The molecule has 4 aromatic rings. The number of aromatic nitrogens is 6. The number of nitrogens with zero attached hydrogens (tertiary/aromatic N) is 7. The molecule has 1 aliphatic heterocycles. The number of amides is 1. The third-order valence-electron chi connectivity index (χ3n) is 5.65. The van der Waals surface area contributed by atoms with Crippen molar-refractivity contribution in [1.29, 1.82) is 5.26 Å². The Hall–Kier alpha value is -4.26. The van der Waals surface area contributed by atoms with Crippen LogP contribution in [0.4, 0.5) is 5.82 Å². The molecule has 0 aromatic carbocycles. The van der Waals surface area contributed by atoms with Gasteiger partial charge in [0.1, 0.15) is 11.5 Å². The molecule has 0 atom stereocenters. The normalized spacial score (nSPS) is 13.8. The van der Waals surface area contributed by atoms with E-state index < -0.39 is 0 Å². The number of nitriles is 1. The summed E-state index contributed by atoms with van der Waals surface area (Å²) < 4.78 is 1.97. The highest BCUT2D eigenvalue weighted by Gasteiger charge is 2.31. The standard InChI is InChI=1S/C23H23N9O/c1-14(2)29-23(33)21-19(3-6-24)30-20(10-27-21)31-12-16(13-31)32-11-15(9-28-32)17-4-7-25-22-18(17)5-8-26-22/h4-5,7-11,14,16H,3,12-13H2,1-2H3,(H,25,26)(H,29,33). The van der Waals surface area contributed by atoms with Crippen LogP contribution in [-0.4, -0.2) is 54.8 Å². The van der Waals surface area contributed by atoms with Crippen molar-refractivity contribution in [1.82, 2.24) is 35.0 Å². The predicted octanol–water partition coefficient (Wildman–Crippen LogP) is 2.48. The lowest BCUT2D eigenvalue weighted by Gasteiger charge is -2.40. The summed E-state index contributed by atoms with van der Waals surface area (Å²) in [5.74, 6) is 0.348. The van der Waals surface area contributed by atoms with E-state index in [1.807, 2.05) is 43.1 Å². The Morgan fingerprint density at radius 2 is 2.15 bits per heavy atom. The van der Waals surface area contributed by atoms with E-state index in [1.165, 1.54) is 0 Å². The van der Waals surface area contributed by atoms with Gasteiger partial charge in [-0.05, 0) is 31.5 Å². The number of anilines is 1. The molecule has 0 spiro atoms. The number of pyridine rings is 1. The molecule has 10 heteroatoms. The minimum atomic E-state index is -0.313. The summed E-state index contributed by atoms with van der Waals surface area (Å²) >= 11 is 0. The molecule has 10 nitrogen and oxygen atoms in total. The second-order valence-electron chi connectivity index (χ2n) is 8.35.